The molecule has 0 saturated heterocycles. The van der Waals surface area contributed by atoms with Crippen LogP contribution >= 0.6 is 11.8 Å². The van der Waals surface area contributed by atoms with Gasteiger partial charge in [0.2, 0.25) is 0 Å². The van der Waals surface area contributed by atoms with Crippen LogP contribution in [0.15, 0.2) is 29.2 Å². The monoisotopic (exact) mass is 224 g/mol. The molecule has 2 N–H and O–H groups in total. The third-order valence-corrected chi connectivity index (χ3v) is 3.18. The smallest absolute Gasteiger partial charge is 0.0830 e. The highest BCUT2D eigenvalue weighted by Crippen LogP contribution is 2.23. The number of hydrogen-bond acceptors (Lipinski definition) is 3. The number of rotatable bonds is 5. The molecule has 0 aromatic heterocycles. The van der Waals surface area contributed by atoms with Gasteiger partial charge in [0.25, 0.3) is 0 Å². The van der Waals surface area contributed by atoms with Gasteiger partial charge in [-0.25, -0.2) is 0 Å². The molecule has 0 atom stereocenters. The highest BCUT2D eigenvalue weighted by molar-refractivity contribution is 7.99. The summed E-state index contributed by atoms with van der Waals surface area (Å²) in [5.74, 6) is 0. The van der Waals surface area contributed by atoms with Crippen molar-refractivity contribution in [1.82, 2.24) is 10.6 Å². The van der Waals surface area contributed by atoms with Gasteiger partial charge in [0.05, 0.1) is 6.17 Å². The molecule has 0 heterocycles. The van der Waals surface area contributed by atoms with Gasteiger partial charge in [-0.15, -0.1) is 11.8 Å². The van der Waals surface area contributed by atoms with Crippen LogP contribution in [-0.4, -0.2) is 19.3 Å². The predicted octanol–water partition coefficient (Wildman–Crippen LogP) is 2.62. The van der Waals surface area contributed by atoms with Crippen molar-refractivity contribution in [1.29, 1.82) is 0 Å². The van der Waals surface area contributed by atoms with Crippen LogP contribution in [0.3, 0.4) is 0 Å². The largest absolute Gasteiger partial charge is 0.301 e. The maximum Gasteiger partial charge on any atom is 0.0830 e. The summed E-state index contributed by atoms with van der Waals surface area (Å²) < 4.78 is 0. The van der Waals surface area contributed by atoms with Gasteiger partial charge in [-0.1, -0.05) is 26.0 Å². The second-order valence-corrected chi connectivity index (χ2v) is 5.40. The summed E-state index contributed by atoms with van der Waals surface area (Å²) in [6.45, 7) is 4.42. The van der Waals surface area contributed by atoms with Crippen molar-refractivity contribution in [3.8, 4) is 0 Å². The van der Waals surface area contributed by atoms with Crippen molar-refractivity contribution >= 4 is 11.8 Å². The van der Waals surface area contributed by atoms with E-state index in [-0.39, 0.29) is 6.17 Å². The second-order valence-electron chi connectivity index (χ2n) is 3.75. The third kappa shape index (κ3) is 3.86. The van der Waals surface area contributed by atoms with E-state index in [0.717, 1.165) is 0 Å². The molecule has 0 aliphatic carbocycles. The van der Waals surface area contributed by atoms with Crippen molar-refractivity contribution in [2.24, 2.45) is 0 Å². The predicted molar refractivity (Wildman–Crippen MR) is 68.3 cm³/mol. The molecule has 3 heteroatoms. The second kappa shape index (κ2) is 6.16. The summed E-state index contributed by atoms with van der Waals surface area (Å²) in [6.07, 6.45) is 0.239. The Morgan fingerprint density at radius 3 is 1.93 bits per heavy atom. The average Bonchev–Trinajstić information content (AvgIpc) is 2.21. The Morgan fingerprint density at radius 2 is 1.53 bits per heavy atom. The summed E-state index contributed by atoms with van der Waals surface area (Å²) >= 11 is 1.89. The molecule has 1 aromatic carbocycles. The van der Waals surface area contributed by atoms with E-state index in [1.54, 1.807) is 0 Å². The van der Waals surface area contributed by atoms with Crippen LogP contribution in [0.5, 0.6) is 0 Å². The molecule has 0 saturated carbocycles. The minimum absolute atomic E-state index is 0.239. The highest BCUT2D eigenvalue weighted by atomic mass is 32.2. The summed E-state index contributed by atoms with van der Waals surface area (Å²) in [5.41, 5.74) is 1.27. The van der Waals surface area contributed by atoms with E-state index in [1.165, 1.54) is 10.5 Å². The number of benzene rings is 1. The molecule has 0 radical (unpaired) electrons. The first-order valence-corrected chi connectivity index (χ1v) is 6.16. The molecule has 84 valence electrons. The van der Waals surface area contributed by atoms with E-state index in [2.05, 4.69) is 48.7 Å². The summed E-state index contributed by atoms with van der Waals surface area (Å²) in [7, 11) is 3.91. The minimum atomic E-state index is 0.239. The van der Waals surface area contributed by atoms with Crippen molar-refractivity contribution in [3.05, 3.63) is 29.8 Å². The van der Waals surface area contributed by atoms with Crippen LogP contribution in [0.2, 0.25) is 0 Å². The van der Waals surface area contributed by atoms with Gasteiger partial charge in [0.15, 0.2) is 0 Å². The van der Waals surface area contributed by atoms with Gasteiger partial charge >= 0.3 is 0 Å². The Kier molecular flexibility index (Phi) is 5.15. The van der Waals surface area contributed by atoms with E-state index < -0.39 is 0 Å². The normalized spacial score (nSPS) is 11.3. The van der Waals surface area contributed by atoms with Gasteiger partial charge in [0.1, 0.15) is 0 Å². The van der Waals surface area contributed by atoms with Gasteiger partial charge < -0.3 is 10.6 Å². The fourth-order valence-corrected chi connectivity index (χ4v) is 2.33. The molecule has 0 fully saturated rings. The van der Waals surface area contributed by atoms with Gasteiger partial charge in [-0.2, -0.15) is 0 Å². The van der Waals surface area contributed by atoms with Crippen LogP contribution in [-0.2, 0) is 0 Å². The molecule has 0 spiro atoms. The molecule has 0 bridgehead atoms. The Hall–Kier alpha value is -0.510. The standard InChI is InChI=1S/C12H20N2S/c1-9(2)15-11-7-5-10(6-8-11)12(13-3)14-4/h5-9,12-14H,1-4H3. The quantitative estimate of drug-likeness (QED) is 0.594. The molecular formula is C12H20N2S. The molecule has 0 amide bonds. The summed E-state index contributed by atoms with van der Waals surface area (Å²) in [6, 6.07) is 8.70. The lowest BCUT2D eigenvalue weighted by Crippen LogP contribution is -2.28. The average molecular weight is 224 g/mol. The van der Waals surface area contributed by atoms with E-state index in [9.17, 15) is 0 Å². The van der Waals surface area contributed by atoms with Crippen molar-refractivity contribution in [3.63, 3.8) is 0 Å². The first-order chi connectivity index (χ1) is 7.17. The number of thioether (sulfide) groups is 1. The van der Waals surface area contributed by atoms with Crippen LogP contribution in [0.25, 0.3) is 0 Å². The molecule has 2 nitrogen and oxygen atoms in total. The summed E-state index contributed by atoms with van der Waals surface area (Å²) in [5, 5.41) is 7.06. The van der Waals surface area contributed by atoms with Gasteiger partial charge in [-0.05, 0) is 31.8 Å². The maximum absolute atomic E-state index is 3.21. The maximum atomic E-state index is 3.21. The first kappa shape index (κ1) is 12.6. The lowest BCUT2D eigenvalue weighted by molar-refractivity contribution is 0.520. The minimum Gasteiger partial charge on any atom is -0.301 e. The zero-order chi connectivity index (χ0) is 11.3. The Morgan fingerprint density at radius 1 is 1.00 bits per heavy atom. The number of hydrogen-bond donors (Lipinski definition) is 2. The molecule has 1 aromatic rings. The zero-order valence-corrected chi connectivity index (χ0v) is 10.7. The van der Waals surface area contributed by atoms with Crippen LogP contribution in [0, 0.1) is 0 Å². The fraction of sp³-hybridized carbons (Fsp3) is 0.500. The first-order valence-electron chi connectivity index (χ1n) is 5.28. The van der Waals surface area contributed by atoms with Gasteiger partial charge in [-0.3, -0.25) is 0 Å². The van der Waals surface area contributed by atoms with Crippen LogP contribution in [0.4, 0.5) is 0 Å². The molecular weight excluding hydrogens is 204 g/mol. The lowest BCUT2D eigenvalue weighted by atomic mass is 10.2. The topological polar surface area (TPSA) is 24.1 Å². The number of nitrogens with one attached hydrogen (secondary N) is 2. The van der Waals surface area contributed by atoms with E-state index in [0.29, 0.717) is 5.25 Å². The summed E-state index contributed by atoms with van der Waals surface area (Å²) in [4.78, 5) is 1.33. The van der Waals surface area contributed by atoms with Gasteiger partial charge in [0, 0.05) is 10.1 Å². The zero-order valence-electron chi connectivity index (χ0n) is 9.87. The van der Waals surface area contributed by atoms with E-state index in [4.69, 9.17) is 0 Å². The SMILES string of the molecule is CNC(NC)c1ccc(SC(C)C)cc1. The van der Waals surface area contributed by atoms with E-state index in [1.807, 2.05) is 25.9 Å². The molecule has 0 aliphatic heterocycles. The third-order valence-electron chi connectivity index (χ3n) is 2.16. The van der Waals surface area contributed by atoms with Crippen molar-refractivity contribution in [2.75, 3.05) is 14.1 Å². The molecule has 15 heavy (non-hydrogen) atoms. The Labute approximate surface area is 96.8 Å². The Bertz CT molecular complexity index is 278. The molecule has 1 rings (SSSR count). The lowest BCUT2D eigenvalue weighted by Gasteiger charge is -2.16. The van der Waals surface area contributed by atoms with Crippen molar-refractivity contribution in [2.45, 2.75) is 30.2 Å². The highest BCUT2D eigenvalue weighted by Gasteiger charge is 2.05. The van der Waals surface area contributed by atoms with Crippen LogP contribution < -0.4 is 10.6 Å². The van der Waals surface area contributed by atoms with E-state index >= 15 is 0 Å². The van der Waals surface area contributed by atoms with Crippen LogP contribution in [0.1, 0.15) is 25.6 Å². The molecule has 0 unspecified atom stereocenters. The Balaban J connectivity index is 2.71. The fourth-order valence-electron chi connectivity index (χ4n) is 1.49. The molecule has 0 aliphatic rings. The van der Waals surface area contributed by atoms with Crippen molar-refractivity contribution < 1.29 is 0 Å².